The van der Waals surface area contributed by atoms with Crippen LogP contribution in [0.5, 0.6) is 0 Å². The van der Waals surface area contributed by atoms with E-state index in [9.17, 15) is 10.1 Å². The number of nitriles is 1. The number of furan rings is 1. The molecule has 0 saturated heterocycles. The summed E-state index contributed by atoms with van der Waals surface area (Å²) >= 11 is 1.12. The van der Waals surface area contributed by atoms with E-state index in [0.717, 1.165) is 16.9 Å². The Balaban J connectivity index is 1.52. The fourth-order valence-electron chi connectivity index (χ4n) is 2.61. The second-order valence-electron chi connectivity index (χ2n) is 5.97. The normalized spacial score (nSPS) is 11.1. The first-order chi connectivity index (χ1) is 14.2. The maximum absolute atomic E-state index is 12.2. The van der Waals surface area contributed by atoms with E-state index in [4.69, 9.17) is 4.42 Å². The van der Waals surface area contributed by atoms with E-state index in [0.29, 0.717) is 32.8 Å². The minimum absolute atomic E-state index is 0.283. The molecular weight excluding hydrogens is 384 g/mol. The van der Waals surface area contributed by atoms with Gasteiger partial charge in [-0.05, 0) is 24.3 Å². The first-order valence-electron chi connectivity index (χ1n) is 8.70. The predicted octanol–water partition coefficient (Wildman–Crippen LogP) is 5.11. The Hall–Kier alpha value is -4.02. The quantitative estimate of drug-likeness (QED) is 0.471. The molecule has 1 N–H and O–H groups in total. The van der Waals surface area contributed by atoms with Crippen LogP contribution in [0.25, 0.3) is 23.0 Å². The van der Waals surface area contributed by atoms with Crippen LogP contribution in [0, 0.1) is 11.3 Å². The second kappa shape index (κ2) is 8.33. The fourth-order valence-corrected chi connectivity index (χ4v) is 3.32. The average Bonchev–Trinajstić information content (AvgIpc) is 3.43. The highest BCUT2D eigenvalue weighted by Crippen LogP contribution is 2.27. The number of amides is 1. The lowest BCUT2D eigenvalue weighted by atomic mass is 10.2. The van der Waals surface area contributed by atoms with Gasteiger partial charge in [0.05, 0.1) is 5.57 Å². The third-order valence-electron chi connectivity index (χ3n) is 4.00. The van der Waals surface area contributed by atoms with Crippen LogP contribution in [0.4, 0.5) is 5.13 Å². The number of nitrogens with zero attached hydrogens (tertiary/aromatic N) is 3. The number of hydrogen-bond acceptors (Lipinski definition) is 6. The summed E-state index contributed by atoms with van der Waals surface area (Å²) in [5.74, 6) is 0.960. The number of benzene rings is 2. The van der Waals surface area contributed by atoms with E-state index < -0.39 is 0 Å². The van der Waals surface area contributed by atoms with Crippen LogP contribution in [0.3, 0.4) is 0 Å². The number of carbonyl (C=O) groups excluding carboxylic acids is 1. The topological polar surface area (TPSA) is 91.8 Å². The zero-order valence-corrected chi connectivity index (χ0v) is 15.9. The molecule has 0 aliphatic rings. The smallest absolute Gasteiger partial charge is 0.257 e. The van der Waals surface area contributed by atoms with Crippen LogP contribution in [0.15, 0.2) is 77.2 Å². The van der Waals surface area contributed by atoms with Crippen molar-refractivity contribution in [3.63, 3.8) is 0 Å². The molecule has 140 valence electrons. The van der Waals surface area contributed by atoms with Gasteiger partial charge in [0.2, 0.25) is 5.13 Å². The number of allylic oxidation sites excluding steroid dienone is 1. The molecule has 0 atom stereocenters. The number of aromatic nitrogens is 2. The third kappa shape index (κ3) is 4.29. The number of hydrogen-bond donors (Lipinski definition) is 1. The van der Waals surface area contributed by atoms with Gasteiger partial charge in [-0.25, -0.2) is 0 Å². The highest BCUT2D eigenvalue weighted by atomic mass is 32.1. The van der Waals surface area contributed by atoms with Crippen molar-refractivity contribution in [1.82, 2.24) is 10.2 Å². The minimum atomic E-state index is -0.283. The SMILES string of the molecule is N#C/C(=C\c1ccc(-c2ccccc2)o1)c1nnc(NC(=O)c2ccccc2)s1. The summed E-state index contributed by atoms with van der Waals surface area (Å²) < 4.78 is 5.81. The van der Waals surface area contributed by atoms with Gasteiger partial charge < -0.3 is 4.42 Å². The summed E-state index contributed by atoms with van der Waals surface area (Å²) in [5.41, 5.74) is 1.77. The lowest BCUT2D eigenvalue weighted by molar-refractivity contribution is 0.102. The first kappa shape index (κ1) is 18.3. The number of nitrogens with one attached hydrogen (secondary N) is 1. The molecule has 1 amide bonds. The summed E-state index contributed by atoms with van der Waals surface area (Å²) in [5, 5.41) is 20.9. The molecule has 6 nitrogen and oxygen atoms in total. The minimum Gasteiger partial charge on any atom is -0.457 e. The van der Waals surface area contributed by atoms with E-state index >= 15 is 0 Å². The average molecular weight is 398 g/mol. The van der Waals surface area contributed by atoms with E-state index in [-0.39, 0.29) is 5.91 Å². The van der Waals surface area contributed by atoms with Crippen molar-refractivity contribution in [1.29, 1.82) is 5.26 Å². The molecule has 7 heteroatoms. The van der Waals surface area contributed by atoms with Crippen molar-refractivity contribution in [2.45, 2.75) is 0 Å². The zero-order valence-electron chi connectivity index (χ0n) is 15.1. The molecule has 29 heavy (non-hydrogen) atoms. The van der Waals surface area contributed by atoms with Gasteiger partial charge in [-0.1, -0.05) is 59.9 Å². The molecule has 0 aliphatic heterocycles. The van der Waals surface area contributed by atoms with Crippen molar-refractivity contribution in [2.24, 2.45) is 0 Å². The van der Waals surface area contributed by atoms with E-state index in [1.807, 2.05) is 42.5 Å². The van der Waals surface area contributed by atoms with Gasteiger partial charge in [0, 0.05) is 17.2 Å². The zero-order chi connectivity index (χ0) is 20.1. The Morgan fingerprint density at radius 2 is 1.72 bits per heavy atom. The van der Waals surface area contributed by atoms with E-state index in [2.05, 4.69) is 21.6 Å². The van der Waals surface area contributed by atoms with Gasteiger partial charge in [0.1, 0.15) is 17.6 Å². The van der Waals surface area contributed by atoms with Crippen LogP contribution >= 0.6 is 11.3 Å². The molecule has 0 bridgehead atoms. The van der Waals surface area contributed by atoms with Crippen LogP contribution in [-0.4, -0.2) is 16.1 Å². The molecule has 0 fully saturated rings. The van der Waals surface area contributed by atoms with Crippen molar-refractivity contribution >= 4 is 34.0 Å². The number of carbonyl (C=O) groups is 1. The lowest BCUT2D eigenvalue weighted by Crippen LogP contribution is -2.11. The van der Waals surface area contributed by atoms with Gasteiger partial charge in [-0.15, -0.1) is 10.2 Å². The third-order valence-corrected chi connectivity index (χ3v) is 4.88. The molecule has 2 heterocycles. The molecule has 4 aromatic rings. The van der Waals surface area contributed by atoms with Gasteiger partial charge >= 0.3 is 0 Å². The Morgan fingerprint density at radius 1 is 1.00 bits per heavy atom. The van der Waals surface area contributed by atoms with Crippen molar-refractivity contribution < 1.29 is 9.21 Å². The van der Waals surface area contributed by atoms with Crippen LogP contribution in [0.2, 0.25) is 0 Å². The molecule has 0 spiro atoms. The standard InChI is InChI=1S/C22H14N4O2S/c23-14-17(13-18-11-12-19(28-18)15-7-3-1-4-8-15)21-25-26-22(29-21)24-20(27)16-9-5-2-6-10-16/h1-13H,(H,24,26,27)/b17-13+. The Kier molecular flexibility index (Phi) is 5.27. The van der Waals surface area contributed by atoms with E-state index in [1.165, 1.54) is 0 Å². The first-order valence-corrected chi connectivity index (χ1v) is 9.52. The number of anilines is 1. The molecule has 2 aromatic carbocycles. The molecule has 0 radical (unpaired) electrons. The molecule has 0 unspecified atom stereocenters. The molecule has 0 aliphatic carbocycles. The van der Waals surface area contributed by atoms with Crippen molar-refractivity contribution in [3.05, 3.63) is 89.1 Å². The van der Waals surface area contributed by atoms with Crippen LogP contribution in [0.1, 0.15) is 21.1 Å². The summed E-state index contributed by atoms with van der Waals surface area (Å²) in [7, 11) is 0. The highest BCUT2D eigenvalue weighted by Gasteiger charge is 2.13. The molecule has 2 aromatic heterocycles. The summed E-state index contributed by atoms with van der Waals surface area (Å²) in [6, 6.07) is 24.3. The number of rotatable bonds is 5. The summed E-state index contributed by atoms with van der Waals surface area (Å²) in [4.78, 5) is 12.2. The molecule has 0 saturated carbocycles. The second-order valence-corrected chi connectivity index (χ2v) is 6.95. The Labute approximate surface area is 170 Å². The maximum atomic E-state index is 12.2. The Bertz CT molecular complexity index is 1200. The molecule has 4 rings (SSSR count). The van der Waals surface area contributed by atoms with E-state index in [1.54, 1.807) is 36.4 Å². The maximum Gasteiger partial charge on any atom is 0.257 e. The summed E-state index contributed by atoms with van der Waals surface area (Å²) in [6.07, 6.45) is 1.61. The fraction of sp³-hybridized carbons (Fsp3) is 0. The van der Waals surface area contributed by atoms with Gasteiger partial charge in [0.25, 0.3) is 5.91 Å². The van der Waals surface area contributed by atoms with Crippen LogP contribution < -0.4 is 5.32 Å². The largest absolute Gasteiger partial charge is 0.457 e. The van der Waals surface area contributed by atoms with Gasteiger partial charge in [-0.2, -0.15) is 5.26 Å². The van der Waals surface area contributed by atoms with Gasteiger partial charge in [0.15, 0.2) is 5.01 Å². The highest BCUT2D eigenvalue weighted by molar-refractivity contribution is 7.16. The van der Waals surface area contributed by atoms with Crippen molar-refractivity contribution in [2.75, 3.05) is 5.32 Å². The van der Waals surface area contributed by atoms with Crippen LogP contribution in [-0.2, 0) is 0 Å². The molecular formula is C22H14N4O2S. The van der Waals surface area contributed by atoms with Gasteiger partial charge in [-0.3, -0.25) is 10.1 Å². The predicted molar refractivity (Wildman–Crippen MR) is 112 cm³/mol. The summed E-state index contributed by atoms with van der Waals surface area (Å²) in [6.45, 7) is 0. The van der Waals surface area contributed by atoms with Crippen molar-refractivity contribution in [3.8, 4) is 17.4 Å². The monoisotopic (exact) mass is 398 g/mol. The Morgan fingerprint density at radius 3 is 2.45 bits per heavy atom. The lowest BCUT2D eigenvalue weighted by Gasteiger charge is -1.99.